The Bertz CT molecular complexity index is 1530. The second kappa shape index (κ2) is 10.4. The number of pyridine rings is 1. The lowest BCUT2D eigenvalue weighted by atomic mass is 9.92. The maximum atomic E-state index is 13.7. The van der Waals surface area contributed by atoms with Crippen molar-refractivity contribution in [3.05, 3.63) is 78.1 Å². The first-order valence-corrected chi connectivity index (χ1v) is 13.8. The molecule has 9 heteroatoms. The van der Waals surface area contributed by atoms with Crippen LogP contribution in [0, 0.1) is 6.92 Å². The van der Waals surface area contributed by atoms with Crippen LogP contribution in [0.5, 0.6) is 0 Å². The molecular weight excluding hydrogens is 486 g/mol. The Morgan fingerprint density at radius 3 is 2.49 bits per heavy atom. The van der Waals surface area contributed by atoms with Gasteiger partial charge in [0, 0.05) is 29.6 Å². The van der Waals surface area contributed by atoms with E-state index in [4.69, 9.17) is 5.10 Å². The van der Waals surface area contributed by atoms with Crippen LogP contribution in [0.3, 0.4) is 0 Å². The maximum absolute atomic E-state index is 13.7. The summed E-state index contributed by atoms with van der Waals surface area (Å²) in [5.41, 5.74) is 2.83. The normalized spacial score (nSPS) is 12.3. The molecule has 8 nitrogen and oxygen atoms in total. The van der Waals surface area contributed by atoms with E-state index in [1.54, 1.807) is 23.0 Å². The van der Waals surface area contributed by atoms with E-state index in [-0.39, 0.29) is 23.4 Å². The fourth-order valence-corrected chi connectivity index (χ4v) is 5.75. The number of aromatic nitrogens is 3. The van der Waals surface area contributed by atoms with Crippen molar-refractivity contribution in [2.45, 2.75) is 51.3 Å². The number of hydrogen-bond donors (Lipinski definition) is 1. The molecule has 0 aliphatic rings. The molecule has 1 amide bonds. The van der Waals surface area contributed by atoms with Crippen molar-refractivity contribution in [1.82, 2.24) is 19.1 Å². The number of nitrogens with one attached hydrogen (secondary N) is 1. The second-order valence-corrected chi connectivity index (χ2v) is 12.0. The maximum Gasteiger partial charge on any atom is 0.245 e. The van der Waals surface area contributed by atoms with Crippen molar-refractivity contribution in [3.8, 4) is 5.69 Å². The molecule has 1 N–H and O–H groups in total. The molecule has 0 radical (unpaired) electrons. The first-order valence-electron chi connectivity index (χ1n) is 12.3. The lowest BCUT2D eigenvalue weighted by molar-refractivity contribution is -0.116. The summed E-state index contributed by atoms with van der Waals surface area (Å²) in [5, 5.41) is 8.39. The standard InChI is InChI=1S/C28H33N5O3S/c1-6-16-32(37(35,36)23-14-8-11-21-12-9-15-29-27(21)23)19-26(34)30-25-18-24(28(3,4)5)31-33(25)22-13-7-10-20(2)17-22/h7-15,17-18H,6,16,19H2,1-5H3,(H,30,34). The lowest BCUT2D eigenvalue weighted by Crippen LogP contribution is -2.38. The summed E-state index contributed by atoms with van der Waals surface area (Å²) in [7, 11) is -3.98. The number of amides is 1. The minimum absolute atomic E-state index is 0.0895. The van der Waals surface area contributed by atoms with Gasteiger partial charge in [-0.25, -0.2) is 13.1 Å². The Balaban J connectivity index is 1.66. The van der Waals surface area contributed by atoms with Gasteiger partial charge in [0.1, 0.15) is 10.7 Å². The summed E-state index contributed by atoms with van der Waals surface area (Å²) < 4.78 is 30.3. The third kappa shape index (κ3) is 5.73. The smallest absolute Gasteiger partial charge is 0.245 e. The summed E-state index contributed by atoms with van der Waals surface area (Å²) >= 11 is 0. The Hall–Kier alpha value is -3.56. The van der Waals surface area contributed by atoms with E-state index in [1.165, 1.54) is 10.4 Å². The lowest BCUT2D eigenvalue weighted by Gasteiger charge is -2.22. The van der Waals surface area contributed by atoms with Gasteiger partial charge in [0.05, 0.1) is 23.4 Å². The summed E-state index contributed by atoms with van der Waals surface area (Å²) in [6, 6.07) is 18.3. The fraction of sp³-hybridized carbons (Fsp3) is 0.321. The molecule has 4 rings (SSSR count). The predicted molar refractivity (Wildman–Crippen MR) is 146 cm³/mol. The van der Waals surface area contributed by atoms with Gasteiger partial charge in [-0.2, -0.15) is 9.40 Å². The zero-order valence-corrected chi connectivity index (χ0v) is 22.7. The Morgan fingerprint density at radius 1 is 1.05 bits per heavy atom. The molecule has 2 heterocycles. The van der Waals surface area contributed by atoms with Gasteiger partial charge in [-0.15, -0.1) is 0 Å². The zero-order valence-electron chi connectivity index (χ0n) is 21.9. The van der Waals surface area contributed by atoms with Crippen molar-refractivity contribution in [1.29, 1.82) is 0 Å². The van der Waals surface area contributed by atoms with Crippen LogP contribution >= 0.6 is 0 Å². The molecular formula is C28H33N5O3S. The highest BCUT2D eigenvalue weighted by Crippen LogP contribution is 2.27. The second-order valence-electron chi connectivity index (χ2n) is 10.1. The minimum atomic E-state index is -3.98. The number of carbonyl (C=O) groups is 1. The van der Waals surface area contributed by atoms with Crippen molar-refractivity contribution >= 4 is 32.7 Å². The molecule has 0 spiro atoms. The molecule has 0 bridgehead atoms. The highest BCUT2D eigenvalue weighted by atomic mass is 32.2. The zero-order chi connectivity index (χ0) is 26.8. The Labute approximate surface area is 218 Å². The topological polar surface area (TPSA) is 97.2 Å². The van der Waals surface area contributed by atoms with Crippen LogP contribution in [0.2, 0.25) is 0 Å². The fourth-order valence-electron chi connectivity index (χ4n) is 4.09. The molecule has 0 aliphatic heterocycles. The number of anilines is 1. The van der Waals surface area contributed by atoms with Crippen molar-refractivity contribution < 1.29 is 13.2 Å². The third-order valence-corrected chi connectivity index (χ3v) is 7.87. The molecule has 0 atom stereocenters. The van der Waals surface area contributed by atoms with E-state index >= 15 is 0 Å². The number of sulfonamides is 1. The Kier molecular flexibility index (Phi) is 7.47. The number of nitrogens with zero attached hydrogens (tertiary/aromatic N) is 4. The van der Waals surface area contributed by atoms with E-state index in [0.717, 1.165) is 22.3 Å². The number of carbonyl (C=O) groups excluding carboxylic acids is 1. The summed E-state index contributed by atoms with van der Waals surface area (Å²) in [6.07, 6.45) is 2.12. The van der Waals surface area contributed by atoms with E-state index < -0.39 is 15.9 Å². The molecule has 0 aliphatic carbocycles. The van der Waals surface area contributed by atoms with Crippen molar-refractivity contribution in [2.24, 2.45) is 0 Å². The van der Waals surface area contributed by atoms with E-state index in [1.807, 2.05) is 56.3 Å². The molecule has 37 heavy (non-hydrogen) atoms. The van der Waals surface area contributed by atoms with Gasteiger partial charge >= 0.3 is 0 Å². The average Bonchev–Trinajstić information content (AvgIpc) is 3.27. The van der Waals surface area contributed by atoms with Gasteiger partial charge < -0.3 is 5.32 Å². The SMILES string of the molecule is CCCN(CC(=O)Nc1cc(C(C)(C)C)nn1-c1cccc(C)c1)S(=O)(=O)c1cccc2cccnc12. The molecule has 194 valence electrons. The predicted octanol–water partition coefficient (Wildman–Crippen LogP) is 5.07. The molecule has 0 unspecified atom stereocenters. The van der Waals surface area contributed by atoms with E-state index in [9.17, 15) is 13.2 Å². The van der Waals surface area contributed by atoms with Crippen LogP contribution in [-0.2, 0) is 20.2 Å². The highest BCUT2D eigenvalue weighted by Gasteiger charge is 2.29. The van der Waals surface area contributed by atoms with E-state index in [0.29, 0.717) is 17.8 Å². The summed E-state index contributed by atoms with van der Waals surface area (Å²) in [6.45, 7) is 9.89. The van der Waals surface area contributed by atoms with Crippen LogP contribution in [0.1, 0.15) is 45.4 Å². The monoisotopic (exact) mass is 519 g/mol. The Morgan fingerprint density at radius 2 is 1.78 bits per heavy atom. The molecule has 0 fully saturated rings. The number of hydrogen-bond acceptors (Lipinski definition) is 5. The molecule has 4 aromatic rings. The molecule has 0 saturated heterocycles. The third-order valence-electron chi connectivity index (χ3n) is 6.00. The van der Waals surface area contributed by atoms with Crippen molar-refractivity contribution in [3.63, 3.8) is 0 Å². The number of aryl methyl sites for hydroxylation is 1. The van der Waals surface area contributed by atoms with Crippen LogP contribution < -0.4 is 5.32 Å². The van der Waals surface area contributed by atoms with Crippen LogP contribution in [0.15, 0.2) is 71.8 Å². The van der Waals surface area contributed by atoms with Crippen LogP contribution in [0.25, 0.3) is 16.6 Å². The number of rotatable bonds is 8. The van der Waals surface area contributed by atoms with Crippen molar-refractivity contribution in [2.75, 3.05) is 18.4 Å². The van der Waals surface area contributed by atoms with E-state index in [2.05, 4.69) is 31.1 Å². The summed E-state index contributed by atoms with van der Waals surface area (Å²) in [5.74, 6) is 0.0423. The van der Waals surface area contributed by atoms with Crippen LogP contribution in [0.4, 0.5) is 5.82 Å². The largest absolute Gasteiger partial charge is 0.309 e. The molecule has 0 saturated carbocycles. The van der Waals surface area contributed by atoms with Gasteiger partial charge in [-0.3, -0.25) is 9.78 Å². The van der Waals surface area contributed by atoms with Gasteiger partial charge in [-0.1, -0.05) is 58.0 Å². The van der Waals surface area contributed by atoms with Gasteiger partial charge in [-0.05, 0) is 43.2 Å². The highest BCUT2D eigenvalue weighted by molar-refractivity contribution is 7.89. The quantitative estimate of drug-likeness (QED) is 0.351. The molecule has 2 aromatic heterocycles. The van der Waals surface area contributed by atoms with Gasteiger partial charge in [0.15, 0.2) is 0 Å². The number of fused-ring (bicyclic) bond motifs is 1. The average molecular weight is 520 g/mol. The number of para-hydroxylation sites is 1. The van der Waals surface area contributed by atoms with Gasteiger partial charge in [0.2, 0.25) is 15.9 Å². The number of benzene rings is 2. The minimum Gasteiger partial charge on any atom is -0.309 e. The summed E-state index contributed by atoms with van der Waals surface area (Å²) in [4.78, 5) is 17.7. The first kappa shape index (κ1) is 26.5. The molecule has 2 aromatic carbocycles. The van der Waals surface area contributed by atoms with Gasteiger partial charge in [0.25, 0.3) is 0 Å². The van der Waals surface area contributed by atoms with Crippen LogP contribution in [-0.4, -0.2) is 46.5 Å². The first-order chi connectivity index (χ1) is 17.5.